The van der Waals surface area contributed by atoms with Crippen LogP contribution in [0.3, 0.4) is 0 Å². The number of thiophene rings is 2. The van der Waals surface area contributed by atoms with Crippen LogP contribution in [0.5, 0.6) is 0 Å². The topological polar surface area (TPSA) is 122 Å². The molecule has 10 heteroatoms. The second-order valence-electron chi connectivity index (χ2n) is 5.19. The van der Waals surface area contributed by atoms with Gasteiger partial charge in [-0.05, 0) is 11.4 Å². The van der Waals surface area contributed by atoms with Crippen molar-refractivity contribution in [2.45, 2.75) is 19.4 Å². The first-order valence-corrected chi connectivity index (χ1v) is 9.38. The van der Waals surface area contributed by atoms with E-state index in [9.17, 15) is 19.2 Å². The molecule has 0 amide bonds. The molecule has 0 atom stereocenters. The Hall–Kier alpha value is -2.72. The van der Waals surface area contributed by atoms with Crippen LogP contribution in [-0.2, 0) is 25.6 Å². The van der Waals surface area contributed by atoms with E-state index in [0.717, 1.165) is 11.3 Å². The highest BCUT2D eigenvalue weighted by molar-refractivity contribution is 7.18. The highest BCUT2D eigenvalue weighted by atomic mass is 32.1. The summed E-state index contributed by atoms with van der Waals surface area (Å²) in [5.41, 5.74) is 5.88. The van der Waals surface area contributed by atoms with Crippen LogP contribution >= 0.6 is 22.7 Å². The molecule has 0 saturated carbocycles. The van der Waals surface area contributed by atoms with Gasteiger partial charge in [0.2, 0.25) is 0 Å². The van der Waals surface area contributed by atoms with Gasteiger partial charge < -0.3 is 19.9 Å². The lowest BCUT2D eigenvalue weighted by molar-refractivity contribution is -0.144. The number of ether oxygens (including phenoxy) is 3. The van der Waals surface area contributed by atoms with Crippen molar-refractivity contribution in [3.05, 3.63) is 38.4 Å². The molecular formula is C17H17NO7S2. The summed E-state index contributed by atoms with van der Waals surface area (Å²) in [4.78, 5) is 48.3. The number of methoxy groups -OCH3 is 2. The Balaban J connectivity index is 2.07. The average molecular weight is 411 g/mol. The summed E-state index contributed by atoms with van der Waals surface area (Å²) in [5.74, 6) is -2.26. The number of hydrogen-bond acceptors (Lipinski definition) is 10. The summed E-state index contributed by atoms with van der Waals surface area (Å²) < 4.78 is 14.5. The van der Waals surface area contributed by atoms with Crippen molar-refractivity contribution < 1.29 is 33.4 Å². The van der Waals surface area contributed by atoms with Crippen LogP contribution in [-0.4, -0.2) is 37.9 Å². The van der Waals surface area contributed by atoms with E-state index in [1.807, 2.05) is 0 Å². The van der Waals surface area contributed by atoms with Crippen molar-refractivity contribution in [2.75, 3.05) is 20.0 Å². The Kier molecular flexibility index (Phi) is 7.08. The van der Waals surface area contributed by atoms with Crippen molar-refractivity contribution in [1.82, 2.24) is 0 Å². The Morgan fingerprint density at radius 1 is 1.07 bits per heavy atom. The lowest BCUT2D eigenvalue weighted by Crippen LogP contribution is -2.13. The monoisotopic (exact) mass is 411 g/mol. The zero-order valence-corrected chi connectivity index (χ0v) is 16.2. The summed E-state index contributed by atoms with van der Waals surface area (Å²) in [7, 11) is 2.35. The molecule has 144 valence electrons. The van der Waals surface area contributed by atoms with Crippen molar-refractivity contribution >= 4 is 51.4 Å². The molecule has 0 radical (unpaired) electrons. The van der Waals surface area contributed by atoms with E-state index in [4.69, 9.17) is 10.5 Å². The minimum absolute atomic E-state index is 0.00115. The standard InChI is InChI=1S/C17H17NO7S2/c1-23-16(21)13-9(14(17(22)24-2)27-15(13)18)8-25-12(20)6-5-10(19)11-4-3-7-26-11/h3-4,7H,5-6,8,18H2,1-2H3. The predicted molar refractivity (Wildman–Crippen MR) is 99.1 cm³/mol. The summed E-state index contributed by atoms with van der Waals surface area (Å²) in [6.07, 6.45) is -0.129. The number of rotatable bonds is 8. The molecule has 0 aliphatic carbocycles. The molecule has 2 aromatic heterocycles. The van der Waals surface area contributed by atoms with Gasteiger partial charge in [-0.3, -0.25) is 9.59 Å². The largest absolute Gasteiger partial charge is 0.465 e. The van der Waals surface area contributed by atoms with E-state index < -0.39 is 17.9 Å². The minimum atomic E-state index is -0.752. The molecule has 27 heavy (non-hydrogen) atoms. The normalized spacial score (nSPS) is 10.3. The number of carbonyl (C=O) groups is 4. The van der Waals surface area contributed by atoms with Crippen LogP contribution < -0.4 is 5.73 Å². The molecule has 0 unspecified atom stereocenters. The summed E-state index contributed by atoms with van der Waals surface area (Å²) >= 11 is 2.14. The van der Waals surface area contributed by atoms with Crippen LogP contribution in [0, 0.1) is 0 Å². The quantitative estimate of drug-likeness (QED) is 0.400. The van der Waals surface area contributed by atoms with Crippen molar-refractivity contribution in [3.63, 3.8) is 0 Å². The first-order chi connectivity index (χ1) is 12.9. The highest BCUT2D eigenvalue weighted by Gasteiger charge is 2.28. The smallest absolute Gasteiger partial charge is 0.348 e. The van der Waals surface area contributed by atoms with E-state index in [0.29, 0.717) is 4.88 Å². The fourth-order valence-corrected chi connectivity index (χ4v) is 3.88. The van der Waals surface area contributed by atoms with Gasteiger partial charge in [0.15, 0.2) is 5.78 Å². The Bertz CT molecular complexity index is 855. The van der Waals surface area contributed by atoms with Gasteiger partial charge in [-0.2, -0.15) is 0 Å². The number of carbonyl (C=O) groups excluding carboxylic acids is 4. The second kappa shape index (κ2) is 9.28. The van der Waals surface area contributed by atoms with Crippen molar-refractivity contribution in [3.8, 4) is 0 Å². The molecule has 0 aliphatic rings. The molecule has 0 saturated heterocycles. The number of nitrogens with two attached hydrogens (primary N) is 1. The van der Waals surface area contributed by atoms with Gasteiger partial charge >= 0.3 is 17.9 Å². The summed E-state index contributed by atoms with van der Waals surface area (Å²) in [5, 5.41) is 1.83. The molecular weight excluding hydrogens is 394 g/mol. The van der Waals surface area contributed by atoms with Gasteiger partial charge in [-0.15, -0.1) is 22.7 Å². The molecule has 2 N–H and O–H groups in total. The van der Waals surface area contributed by atoms with Crippen LogP contribution in [0.25, 0.3) is 0 Å². The third-order valence-electron chi connectivity index (χ3n) is 3.52. The lowest BCUT2D eigenvalue weighted by atomic mass is 10.1. The first-order valence-electron chi connectivity index (χ1n) is 7.69. The molecule has 2 aromatic rings. The van der Waals surface area contributed by atoms with Crippen LogP contribution in [0.4, 0.5) is 5.00 Å². The SMILES string of the molecule is COC(=O)c1sc(N)c(C(=O)OC)c1COC(=O)CCC(=O)c1cccs1. The second-order valence-corrected chi connectivity index (χ2v) is 7.19. The summed E-state index contributed by atoms with van der Waals surface area (Å²) in [6, 6.07) is 3.43. The lowest BCUT2D eigenvalue weighted by Gasteiger charge is -2.08. The molecule has 0 aliphatic heterocycles. The Morgan fingerprint density at radius 2 is 1.78 bits per heavy atom. The molecule has 2 rings (SSSR count). The van der Waals surface area contributed by atoms with Crippen molar-refractivity contribution in [1.29, 1.82) is 0 Å². The fourth-order valence-electron chi connectivity index (χ4n) is 2.21. The van der Waals surface area contributed by atoms with E-state index in [1.165, 1.54) is 25.6 Å². The molecule has 0 aromatic carbocycles. The maximum Gasteiger partial charge on any atom is 0.348 e. The molecule has 8 nitrogen and oxygen atoms in total. The van der Waals surface area contributed by atoms with E-state index in [2.05, 4.69) is 9.47 Å². The maximum absolute atomic E-state index is 12.0. The van der Waals surface area contributed by atoms with E-state index >= 15 is 0 Å². The zero-order chi connectivity index (χ0) is 20.0. The molecule has 0 bridgehead atoms. The van der Waals surface area contributed by atoms with Gasteiger partial charge in [0.05, 0.1) is 25.5 Å². The van der Waals surface area contributed by atoms with E-state index in [1.54, 1.807) is 17.5 Å². The Morgan fingerprint density at radius 3 is 2.37 bits per heavy atom. The van der Waals surface area contributed by atoms with Crippen LogP contribution in [0.2, 0.25) is 0 Å². The molecule has 0 spiro atoms. The number of Topliss-reactive ketones (excluding diaryl/α,β-unsaturated/α-hetero) is 1. The van der Waals surface area contributed by atoms with Gasteiger partial charge in [0, 0.05) is 12.0 Å². The maximum atomic E-state index is 12.0. The molecule has 2 heterocycles. The first kappa shape index (κ1) is 20.6. The minimum Gasteiger partial charge on any atom is -0.465 e. The number of esters is 3. The zero-order valence-electron chi connectivity index (χ0n) is 14.6. The predicted octanol–water partition coefficient (Wildman–Crippen LogP) is 2.67. The highest BCUT2D eigenvalue weighted by Crippen LogP contribution is 2.33. The molecule has 0 fully saturated rings. The van der Waals surface area contributed by atoms with Gasteiger partial charge in [0.25, 0.3) is 0 Å². The third-order valence-corrected chi connectivity index (χ3v) is 5.48. The van der Waals surface area contributed by atoms with Crippen LogP contribution in [0.1, 0.15) is 48.1 Å². The van der Waals surface area contributed by atoms with Gasteiger partial charge in [-0.25, -0.2) is 9.59 Å². The number of ketones is 1. The fraction of sp³-hybridized carbons (Fsp3) is 0.294. The number of nitrogen functional groups attached to an aromatic ring is 1. The van der Waals surface area contributed by atoms with Gasteiger partial charge in [-0.1, -0.05) is 6.07 Å². The number of anilines is 1. The van der Waals surface area contributed by atoms with Crippen molar-refractivity contribution in [2.24, 2.45) is 0 Å². The van der Waals surface area contributed by atoms with Crippen LogP contribution in [0.15, 0.2) is 17.5 Å². The number of hydrogen-bond donors (Lipinski definition) is 1. The van der Waals surface area contributed by atoms with Gasteiger partial charge in [0.1, 0.15) is 22.0 Å². The van der Waals surface area contributed by atoms with E-state index in [-0.39, 0.29) is 46.2 Å². The Labute approximate surface area is 162 Å². The third kappa shape index (κ3) is 4.92. The average Bonchev–Trinajstić information content (AvgIpc) is 3.31. The summed E-state index contributed by atoms with van der Waals surface area (Å²) in [6.45, 7) is -0.366.